The van der Waals surface area contributed by atoms with Crippen LogP contribution >= 0.6 is 0 Å². The highest BCUT2D eigenvalue weighted by atomic mass is 16.2. The van der Waals surface area contributed by atoms with Gasteiger partial charge in [0.1, 0.15) is 0 Å². The zero-order valence-corrected chi connectivity index (χ0v) is 37.5. The van der Waals surface area contributed by atoms with Crippen LogP contribution in [-0.2, 0) is 0 Å². The van der Waals surface area contributed by atoms with Gasteiger partial charge in [0.05, 0.1) is 11.4 Å². The minimum atomic E-state index is -0.187. The quantitative estimate of drug-likeness (QED) is 0.0268. The molecule has 3 aromatic rings. The normalized spacial score (nSPS) is 11.3. The number of fused-ring (bicyclic) bond motifs is 2. The highest BCUT2D eigenvalue weighted by Gasteiger charge is 2.17. The third kappa shape index (κ3) is 21.6. The molecule has 0 aromatic heterocycles. The summed E-state index contributed by atoms with van der Waals surface area (Å²) in [5, 5.41) is 16.2. The summed E-state index contributed by atoms with van der Waals surface area (Å²) in [5.41, 5.74) is 1.55. The first-order chi connectivity index (χ1) is 28.7. The van der Waals surface area contributed by atoms with Crippen molar-refractivity contribution in [1.29, 1.82) is 0 Å². The molecule has 4 N–H and O–H groups in total. The zero-order chi connectivity index (χ0) is 41.1. The Morgan fingerprint density at radius 1 is 0.328 bits per heavy atom. The molecule has 0 saturated carbocycles. The Morgan fingerprint density at radius 2 is 0.534 bits per heavy atom. The maximum Gasteiger partial charge on any atom is 0.319 e. The van der Waals surface area contributed by atoms with Gasteiger partial charge < -0.3 is 21.3 Å². The number of hydrogen-bond donors (Lipinski definition) is 4. The number of amides is 4. The predicted molar refractivity (Wildman–Crippen MR) is 255 cm³/mol. The van der Waals surface area contributed by atoms with E-state index < -0.39 is 0 Å². The minimum absolute atomic E-state index is 0.187. The molecule has 0 fully saturated rings. The van der Waals surface area contributed by atoms with Crippen molar-refractivity contribution < 1.29 is 9.59 Å². The van der Waals surface area contributed by atoms with Gasteiger partial charge in [-0.05, 0) is 12.8 Å². The molecule has 3 aromatic carbocycles. The van der Waals surface area contributed by atoms with E-state index in [-0.39, 0.29) is 12.1 Å². The number of urea groups is 2. The molecule has 0 aliphatic carbocycles. The van der Waals surface area contributed by atoms with Gasteiger partial charge in [0.25, 0.3) is 0 Å². The summed E-state index contributed by atoms with van der Waals surface area (Å²) in [6.07, 6.45) is 42.8. The first kappa shape index (κ1) is 49.1. The Kier molecular flexibility index (Phi) is 28.4. The Balaban J connectivity index is 1.29. The highest BCUT2D eigenvalue weighted by molar-refractivity contribution is 6.23. The van der Waals surface area contributed by atoms with Gasteiger partial charge in [-0.3, -0.25) is 0 Å². The summed E-state index contributed by atoms with van der Waals surface area (Å²) in [4.78, 5) is 26.3. The molecule has 6 nitrogen and oxygen atoms in total. The molecule has 326 valence electrons. The number of anilines is 2. The molecule has 0 heterocycles. The lowest BCUT2D eigenvalue weighted by molar-refractivity contribution is 0.251. The predicted octanol–water partition coefficient (Wildman–Crippen LogP) is 16.8. The number of benzene rings is 3. The lowest BCUT2D eigenvalue weighted by atomic mass is 9.98. The van der Waals surface area contributed by atoms with Crippen molar-refractivity contribution in [3.63, 3.8) is 0 Å². The van der Waals surface area contributed by atoms with E-state index in [0.29, 0.717) is 13.1 Å². The molecule has 3 rings (SSSR count). The number of unbranched alkanes of at least 4 members (excludes halogenated alkanes) is 30. The van der Waals surface area contributed by atoms with Crippen LogP contribution in [0.4, 0.5) is 21.0 Å². The van der Waals surface area contributed by atoms with Crippen LogP contribution in [0.1, 0.15) is 219 Å². The first-order valence-corrected chi connectivity index (χ1v) is 24.7. The topological polar surface area (TPSA) is 82.3 Å². The van der Waals surface area contributed by atoms with Crippen LogP contribution in [0, 0.1) is 0 Å². The van der Waals surface area contributed by atoms with E-state index in [1.807, 2.05) is 48.5 Å². The average molecular weight is 799 g/mol. The van der Waals surface area contributed by atoms with E-state index in [4.69, 9.17) is 0 Å². The number of carbonyl (C=O) groups is 2. The van der Waals surface area contributed by atoms with Gasteiger partial charge in [0.15, 0.2) is 0 Å². The Morgan fingerprint density at radius 3 is 0.759 bits per heavy atom. The second-order valence-corrected chi connectivity index (χ2v) is 17.2. The van der Waals surface area contributed by atoms with Crippen LogP contribution < -0.4 is 21.3 Å². The van der Waals surface area contributed by atoms with Crippen molar-refractivity contribution >= 4 is 45.0 Å². The minimum Gasteiger partial charge on any atom is -0.338 e. The summed E-state index contributed by atoms with van der Waals surface area (Å²) in [7, 11) is 0. The molecule has 0 saturated heterocycles. The second kappa shape index (κ2) is 33.5. The van der Waals surface area contributed by atoms with E-state index in [1.54, 1.807) is 0 Å². The summed E-state index contributed by atoms with van der Waals surface area (Å²) in [6, 6.07) is 15.6. The second-order valence-electron chi connectivity index (χ2n) is 17.2. The van der Waals surface area contributed by atoms with Gasteiger partial charge in [-0.25, -0.2) is 9.59 Å². The van der Waals surface area contributed by atoms with E-state index in [9.17, 15) is 9.59 Å². The van der Waals surface area contributed by atoms with Gasteiger partial charge in [-0.2, -0.15) is 0 Å². The first-order valence-electron chi connectivity index (χ1n) is 24.7. The molecule has 0 unspecified atom stereocenters. The van der Waals surface area contributed by atoms with Crippen molar-refractivity contribution in [2.75, 3.05) is 23.7 Å². The summed E-state index contributed by atoms with van der Waals surface area (Å²) in [5.74, 6) is 0. The van der Waals surface area contributed by atoms with Crippen LogP contribution in [0.25, 0.3) is 21.5 Å². The Labute approximate surface area is 355 Å². The number of carbonyl (C=O) groups excluding carboxylic acids is 2. The molecule has 0 bridgehead atoms. The smallest absolute Gasteiger partial charge is 0.319 e. The summed E-state index contributed by atoms with van der Waals surface area (Å²) in [6.45, 7) is 5.90. The van der Waals surface area contributed by atoms with Crippen molar-refractivity contribution in [3.8, 4) is 0 Å². The average Bonchev–Trinajstić information content (AvgIpc) is 3.24. The molecular weight excluding hydrogens is 713 g/mol. The third-order valence-electron chi connectivity index (χ3n) is 12.0. The Bertz CT molecular complexity index is 1320. The van der Waals surface area contributed by atoms with E-state index in [2.05, 4.69) is 35.1 Å². The number of hydrogen-bond acceptors (Lipinski definition) is 2. The van der Waals surface area contributed by atoms with Crippen molar-refractivity contribution in [1.82, 2.24) is 10.6 Å². The fourth-order valence-electron chi connectivity index (χ4n) is 8.46. The van der Waals surface area contributed by atoms with Crippen LogP contribution in [0.5, 0.6) is 0 Å². The molecule has 0 atom stereocenters. The lowest BCUT2D eigenvalue weighted by Crippen LogP contribution is -2.30. The van der Waals surface area contributed by atoms with Crippen molar-refractivity contribution in [3.05, 3.63) is 48.5 Å². The van der Waals surface area contributed by atoms with Gasteiger partial charge in [0.2, 0.25) is 0 Å². The fraction of sp³-hybridized carbons (Fsp3) is 0.692. The maximum atomic E-state index is 13.2. The molecule has 0 radical (unpaired) electrons. The maximum absolute atomic E-state index is 13.2. The number of rotatable bonds is 36. The summed E-state index contributed by atoms with van der Waals surface area (Å²) >= 11 is 0. The molecule has 58 heavy (non-hydrogen) atoms. The van der Waals surface area contributed by atoms with E-state index in [0.717, 1.165) is 58.6 Å². The largest absolute Gasteiger partial charge is 0.338 e. The standard InChI is InChI=1S/C52H86N4O2/c1-3-5-7-9-11-13-15-17-19-21-23-25-27-29-31-37-43-53-51(57)55-49-45-39-33-35-41-47(45)50(48-42-36-34-40-46(48)49)56-52(58)54-44-38-32-30-28-26-24-22-20-18-16-14-12-10-8-6-4-2/h33-36,39-42H,3-32,37-38,43-44H2,1-2H3,(H2,53,55,57)(H2,54,56,58). The van der Waals surface area contributed by atoms with Gasteiger partial charge in [0, 0.05) is 34.6 Å². The van der Waals surface area contributed by atoms with Gasteiger partial charge >= 0.3 is 12.1 Å². The molecule has 0 aliphatic heterocycles. The summed E-state index contributed by atoms with van der Waals surface area (Å²) < 4.78 is 0. The van der Waals surface area contributed by atoms with Crippen molar-refractivity contribution in [2.45, 2.75) is 219 Å². The zero-order valence-electron chi connectivity index (χ0n) is 37.5. The van der Waals surface area contributed by atoms with Gasteiger partial charge in [-0.15, -0.1) is 0 Å². The van der Waals surface area contributed by atoms with E-state index >= 15 is 0 Å². The molecule has 6 heteroatoms. The lowest BCUT2D eigenvalue weighted by Gasteiger charge is -2.18. The fourth-order valence-corrected chi connectivity index (χ4v) is 8.46. The monoisotopic (exact) mass is 799 g/mol. The third-order valence-corrected chi connectivity index (χ3v) is 12.0. The van der Waals surface area contributed by atoms with Crippen LogP contribution in [0.2, 0.25) is 0 Å². The molecule has 4 amide bonds. The molecular formula is C52H86N4O2. The van der Waals surface area contributed by atoms with Crippen LogP contribution in [0.15, 0.2) is 48.5 Å². The van der Waals surface area contributed by atoms with E-state index in [1.165, 1.54) is 180 Å². The van der Waals surface area contributed by atoms with Crippen LogP contribution in [0.3, 0.4) is 0 Å². The van der Waals surface area contributed by atoms with Crippen molar-refractivity contribution in [2.24, 2.45) is 0 Å². The molecule has 0 spiro atoms. The highest BCUT2D eigenvalue weighted by Crippen LogP contribution is 2.39. The van der Waals surface area contributed by atoms with Gasteiger partial charge in [-0.1, -0.05) is 255 Å². The Hall–Kier alpha value is -3.28. The molecule has 0 aliphatic rings. The van der Waals surface area contributed by atoms with Crippen LogP contribution in [-0.4, -0.2) is 25.2 Å². The SMILES string of the molecule is CCCCCCCCCCCCCCCCCCNC(=O)Nc1c2ccccc2c(NC(=O)NCCCCCCCCCCCCCCCCCC)c2ccccc12. The number of nitrogens with one attached hydrogen (secondary N) is 4.